The van der Waals surface area contributed by atoms with Gasteiger partial charge in [0.2, 0.25) is 5.91 Å². The van der Waals surface area contributed by atoms with Gasteiger partial charge in [-0.25, -0.2) is 8.78 Å². The van der Waals surface area contributed by atoms with Gasteiger partial charge in [0.25, 0.3) is 0 Å². The Bertz CT molecular complexity index is 1250. The third kappa shape index (κ3) is 6.25. The maximum Gasteiger partial charge on any atom is 0.217 e. The molecule has 0 saturated heterocycles. The molecule has 3 aromatic carbocycles. The summed E-state index contributed by atoms with van der Waals surface area (Å²) in [5.41, 5.74) is 3.81. The van der Waals surface area contributed by atoms with Crippen LogP contribution in [0.25, 0.3) is 11.1 Å². The maximum absolute atomic E-state index is 13.6. The number of aliphatic hydroxyl groups excluding tert-OH is 1. The Morgan fingerprint density at radius 1 is 1.11 bits per heavy atom. The lowest BCUT2D eigenvalue weighted by molar-refractivity contribution is -0.120. The van der Waals surface area contributed by atoms with E-state index in [0.717, 1.165) is 28.5 Å². The summed E-state index contributed by atoms with van der Waals surface area (Å²) >= 11 is 0. The average Bonchev–Trinajstić information content (AvgIpc) is 2.85. The number of halogens is 2. The second-order valence-electron chi connectivity index (χ2n) is 8.90. The highest BCUT2D eigenvalue weighted by atomic mass is 19.1. The number of aliphatic hydroxyl groups is 1. The summed E-state index contributed by atoms with van der Waals surface area (Å²) in [7, 11) is 0. The van der Waals surface area contributed by atoms with E-state index in [2.05, 4.69) is 16.7 Å². The lowest BCUT2D eigenvalue weighted by atomic mass is 9.94. The van der Waals surface area contributed by atoms with Gasteiger partial charge in [-0.05, 0) is 59.5 Å². The summed E-state index contributed by atoms with van der Waals surface area (Å²) in [6.45, 7) is 1.99. The molecule has 3 unspecified atom stereocenters. The highest BCUT2D eigenvalue weighted by molar-refractivity contribution is 5.73. The van der Waals surface area contributed by atoms with Gasteiger partial charge in [0.05, 0.1) is 30.4 Å². The Labute approximate surface area is 208 Å². The fraction of sp³-hybridized carbons (Fsp3) is 0.286. The van der Waals surface area contributed by atoms with Crippen molar-refractivity contribution in [1.29, 1.82) is 5.26 Å². The molecule has 1 aliphatic heterocycles. The second kappa shape index (κ2) is 11.3. The van der Waals surface area contributed by atoms with Crippen molar-refractivity contribution >= 4 is 5.91 Å². The zero-order valence-corrected chi connectivity index (χ0v) is 19.8. The van der Waals surface area contributed by atoms with Gasteiger partial charge in [0.15, 0.2) is 0 Å². The summed E-state index contributed by atoms with van der Waals surface area (Å²) < 4.78 is 33.1. The molecule has 3 aromatic rings. The molecule has 3 N–H and O–H groups in total. The monoisotopic (exact) mass is 491 g/mol. The van der Waals surface area contributed by atoms with Crippen molar-refractivity contribution in [2.24, 2.45) is 0 Å². The Hall–Kier alpha value is -3.80. The first kappa shape index (κ1) is 25.3. The smallest absolute Gasteiger partial charge is 0.217 e. The van der Waals surface area contributed by atoms with Crippen molar-refractivity contribution in [3.8, 4) is 22.9 Å². The number of benzene rings is 3. The highest BCUT2D eigenvalue weighted by Crippen LogP contribution is 2.35. The minimum atomic E-state index is -1.01. The Morgan fingerprint density at radius 2 is 1.81 bits per heavy atom. The Balaban J connectivity index is 1.48. The van der Waals surface area contributed by atoms with Crippen molar-refractivity contribution in [2.45, 2.75) is 38.0 Å². The van der Waals surface area contributed by atoms with Gasteiger partial charge >= 0.3 is 0 Å². The van der Waals surface area contributed by atoms with Crippen molar-refractivity contribution < 1.29 is 23.4 Å². The molecule has 4 rings (SSSR count). The standard InChI is InChI=1S/C28H27F2N3O3/c1-17(34)33-26(12-19-10-22(29)14-23(30)11-19)27(35)16-32-25-8-9-36-28-7-6-21(13-24(25)28)20-4-2-18(15-31)3-5-20/h2-7,10-11,13-14,25-27,32,35H,8-9,12,16H2,1H3,(H,33,34). The van der Waals surface area contributed by atoms with E-state index in [9.17, 15) is 18.7 Å². The fourth-order valence-corrected chi connectivity index (χ4v) is 4.46. The van der Waals surface area contributed by atoms with Gasteiger partial charge in [0.1, 0.15) is 17.4 Å². The number of ether oxygens (including phenoxy) is 1. The van der Waals surface area contributed by atoms with Gasteiger partial charge in [0, 0.05) is 37.6 Å². The van der Waals surface area contributed by atoms with E-state index in [4.69, 9.17) is 10.00 Å². The number of amides is 1. The lowest BCUT2D eigenvalue weighted by Gasteiger charge is -2.30. The van der Waals surface area contributed by atoms with Crippen molar-refractivity contribution in [3.05, 3.63) is 89.0 Å². The molecule has 0 radical (unpaired) electrons. The van der Waals surface area contributed by atoms with E-state index >= 15 is 0 Å². The quantitative estimate of drug-likeness (QED) is 0.443. The van der Waals surface area contributed by atoms with Crippen LogP contribution in [0.5, 0.6) is 5.75 Å². The number of hydrogen-bond donors (Lipinski definition) is 3. The zero-order chi connectivity index (χ0) is 25.7. The van der Waals surface area contributed by atoms with E-state index in [1.807, 2.05) is 30.3 Å². The topological polar surface area (TPSA) is 94.4 Å². The van der Waals surface area contributed by atoms with Crippen LogP contribution in [0, 0.1) is 23.0 Å². The van der Waals surface area contributed by atoms with Gasteiger partial charge < -0.3 is 20.5 Å². The fourth-order valence-electron chi connectivity index (χ4n) is 4.46. The van der Waals surface area contributed by atoms with Crippen LogP contribution in [-0.4, -0.2) is 36.3 Å². The molecule has 1 aliphatic rings. The van der Waals surface area contributed by atoms with E-state index in [1.165, 1.54) is 19.1 Å². The van der Waals surface area contributed by atoms with Crippen LogP contribution in [0.15, 0.2) is 60.7 Å². The molecule has 0 aliphatic carbocycles. The Kier molecular flexibility index (Phi) is 7.93. The molecule has 0 bridgehead atoms. The molecule has 6 nitrogen and oxygen atoms in total. The van der Waals surface area contributed by atoms with Gasteiger partial charge in [-0.15, -0.1) is 0 Å². The van der Waals surface area contributed by atoms with Crippen molar-refractivity contribution in [3.63, 3.8) is 0 Å². The summed E-state index contributed by atoms with van der Waals surface area (Å²) in [4.78, 5) is 11.7. The van der Waals surface area contributed by atoms with Crippen LogP contribution in [0.1, 0.15) is 36.1 Å². The van der Waals surface area contributed by atoms with Gasteiger partial charge in [-0.1, -0.05) is 18.2 Å². The molecule has 3 atom stereocenters. The molecule has 0 fully saturated rings. The number of nitrogens with one attached hydrogen (secondary N) is 2. The summed E-state index contributed by atoms with van der Waals surface area (Å²) in [6.07, 6.45) is -0.256. The van der Waals surface area contributed by atoms with Gasteiger partial charge in [-0.2, -0.15) is 5.26 Å². The molecule has 186 valence electrons. The lowest BCUT2D eigenvalue weighted by Crippen LogP contribution is -2.48. The molecule has 1 amide bonds. The van der Waals surface area contributed by atoms with E-state index in [0.29, 0.717) is 24.2 Å². The molecule has 0 saturated carbocycles. The highest BCUT2D eigenvalue weighted by Gasteiger charge is 2.26. The van der Waals surface area contributed by atoms with E-state index < -0.39 is 23.8 Å². The zero-order valence-electron chi connectivity index (χ0n) is 19.8. The molecular weight excluding hydrogens is 464 g/mol. The second-order valence-corrected chi connectivity index (χ2v) is 8.90. The number of nitriles is 1. The van der Waals surface area contributed by atoms with Crippen molar-refractivity contribution in [1.82, 2.24) is 10.6 Å². The summed E-state index contributed by atoms with van der Waals surface area (Å²) in [6, 6.07) is 17.7. The minimum Gasteiger partial charge on any atom is -0.493 e. The summed E-state index contributed by atoms with van der Waals surface area (Å²) in [5, 5.41) is 26.0. The molecule has 8 heteroatoms. The van der Waals surface area contributed by atoms with Gasteiger partial charge in [-0.3, -0.25) is 4.79 Å². The van der Waals surface area contributed by atoms with Crippen LogP contribution < -0.4 is 15.4 Å². The number of carbonyl (C=O) groups excluding carboxylic acids is 1. The third-order valence-corrected chi connectivity index (χ3v) is 6.20. The first-order chi connectivity index (χ1) is 17.3. The summed E-state index contributed by atoms with van der Waals surface area (Å²) in [5.74, 6) is -1.02. The number of hydrogen-bond acceptors (Lipinski definition) is 5. The predicted octanol–water partition coefficient (Wildman–Crippen LogP) is 4.02. The molecule has 1 heterocycles. The minimum absolute atomic E-state index is 0.0737. The number of rotatable bonds is 8. The van der Waals surface area contributed by atoms with E-state index in [1.54, 1.807) is 12.1 Å². The normalized spacial score (nSPS) is 16.2. The Morgan fingerprint density at radius 3 is 2.47 bits per heavy atom. The number of carbonyl (C=O) groups is 1. The third-order valence-electron chi connectivity index (χ3n) is 6.20. The molecule has 0 aromatic heterocycles. The van der Waals surface area contributed by atoms with Crippen LogP contribution in [0.4, 0.5) is 8.78 Å². The van der Waals surface area contributed by atoms with E-state index in [-0.39, 0.29) is 24.9 Å². The van der Waals surface area contributed by atoms with Crippen molar-refractivity contribution in [2.75, 3.05) is 13.2 Å². The van der Waals surface area contributed by atoms with Crippen LogP contribution >= 0.6 is 0 Å². The first-order valence-electron chi connectivity index (χ1n) is 11.7. The molecular formula is C28H27F2N3O3. The first-order valence-corrected chi connectivity index (χ1v) is 11.7. The predicted molar refractivity (Wildman–Crippen MR) is 131 cm³/mol. The largest absolute Gasteiger partial charge is 0.493 e. The number of fused-ring (bicyclic) bond motifs is 1. The van der Waals surface area contributed by atoms with Crippen LogP contribution in [0.2, 0.25) is 0 Å². The maximum atomic E-state index is 13.6. The molecule has 0 spiro atoms. The SMILES string of the molecule is CC(=O)NC(Cc1cc(F)cc(F)c1)C(O)CNC1CCOc2ccc(-c3ccc(C#N)cc3)cc21. The van der Waals surface area contributed by atoms with Crippen LogP contribution in [0.3, 0.4) is 0 Å². The number of nitrogens with zero attached hydrogens (tertiary/aromatic N) is 1. The molecule has 36 heavy (non-hydrogen) atoms. The van der Waals surface area contributed by atoms with Crippen LogP contribution in [-0.2, 0) is 11.2 Å². The average molecular weight is 492 g/mol.